The highest BCUT2D eigenvalue weighted by Gasteiger charge is 2.26. The molecule has 1 aromatic heterocycles. The van der Waals surface area contributed by atoms with Crippen LogP contribution in [0.4, 0.5) is 0 Å². The van der Waals surface area contributed by atoms with Crippen molar-refractivity contribution in [1.29, 1.82) is 0 Å². The first-order valence-corrected chi connectivity index (χ1v) is 10.2. The first kappa shape index (κ1) is 18.7. The van der Waals surface area contributed by atoms with Crippen LogP contribution in [0.3, 0.4) is 0 Å². The van der Waals surface area contributed by atoms with E-state index in [1.54, 1.807) is 0 Å². The summed E-state index contributed by atoms with van der Waals surface area (Å²) in [4.78, 5) is 0.520. The summed E-state index contributed by atoms with van der Waals surface area (Å²) in [5, 5.41) is 8.52. The van der Waals surface area contributed by atoms with Crippen LogP contribution >= 0.6 is 15.9 Å². The van der Waals surface area contributed by atoms with E-state index in [4.69, 9.17) is 4.74 Å². The van der Waals surface area contributed by atoms with E-state index in [0.717, 1.165) is 43.4 Å². The number of nitrogens with zero attached hydrogens (tertiary/aromatic N) is 2. The summed E-state index contributed by atoms with van der Waals surface area (Å²) in [6.07, 6.45) is 11.4. The van der Waals surface area contributed by atoms with Gasteiger partial charge in [0.2, 0.25) is 5.88 Å². The summed E-state index contributed by atoms with van der Waals surface area (Å²) in [5.74, 6) is 2.40. The summed E-state index contributed by atoms with van der Waals surface area (Å²) in [7, 11) is 0. The second-order valence-corrected chi connectivity index (χ2v) is 8.03. The molecule has 0 amide bonds. The maximum Gasteiger partial charge on any atom is 0.233 e. The largest absolute Gasteiger partial charge is 0.477 e. The molecule has 1 saturated carbocycles. The summed E-state index contributed by atoms with van der Waals surface area (Å²) in [6, 6.07) is 4.01. The Kier molecular flexibility index (Phi) is 8.35. The third kappa shape index (κ3) is 6.40. The van der Waals surface area contributed by atoms with Gasteiger partial charge in [-0.1, -0.05) is 61.9 Å². The van der Waals surface area contributed by atoms with Crippen molar-refractivity contribution in [1.82, 2.24) is 10.2 Å². The van der Waals surface area contributed by atoms with Gasteiger partial charge in [-0.05, 0) is 37.2 Å². The standard InChI is InChI=1S/C19H31BrN2O/c1-3-5-13-23-19-12-11-17(21-22-19)14-18(20)16-9-7-15(6-4-2)8-10-16/h11-12,15-16,18H,3-10,13-14H2,1-2H3/t15-,16-,18?. The molecule has 23 heavy (non-hydrogen) atoms. The lowest BCUT2D eigenvalue weighted by Crippen LogP contribution is -2.23. The minimum atomic E-state index is 0.520. The van der Waals surface area contributed by atoms with Crippen molar-refractivity contribution in [2.24, 2.45) is 11.8 Å². The number of rotatable bonds is 9. The highest BCUT2D eigenvalue weighted by atomic mass is 79.9. The van der Waals surface area contributed by atoms with Crippen molar-refractivity contribution < 1.29 is 4.74 Å². The summed E-state index contributed by atoms with van der Waals surface area (Å²) in [6.45, 7) is 5.18. The van der Waals surface area contributed by atoms with Crippen LogP contribution in [0.15, 0.2) is 12.1 Å². The molecule has 1 aliphatic rings. The lowest BCUT2D eigenvalue weighted by atomic mass is 9.78. The highest BCUT2D eigenvalue weighted by Crippen LogP contribution is 2.36. The Balaban J connectivity index is 1.75. The minimum absolute atomic E-state index is 0.520. The van der Waals surface area contributed by atoms with E-state index in [1.165, 1.54) is 38.5 Å². The van der Waals surface area contributed by atoms with Crippen LogP contribution in [0.5, 0.6) is 5.88 Å². The molecule has 1 atom stereocenters. The van der Waals surface area contributed by atoms with Gasteiger partial charge in [-0.15, -0.1) is 5.10 Å². The second-order valence-electron chi connectivity index (χ2n) is 6.85. The number of halogens is 1. The molecule has 0 spiro atoms. The number of ether oxygens (including phenoxy) is 1. The van der Waals surface area contributed by atoms with Crippen LogP contribution < -0.4 is 4.74 Å². The van der Waals surface area contributed by atoms with Crippen molar-refractivity contribution in [2.45, 2.75) is 76.5 Å². The van der Waals surface area contributed by atoms with Gasteiger partial charge in [0, 0.05) is 17.3 Å². The van der Waals surface area contributed by atoms with Gasteiger partial charge < -0.3 is 4.74 Å². The molecular weight excluding hydrogens is 352 g/mol. The van der Waals surface area contributed by atoms with Gasteiger partial charge in [0.25, 0.3) is 0 Å². The first-order chi connectivity index (χ1) is 11.2. The monoisotopic (exact) mass is 382 g/mol. The Morgan fingerprint density at radius 2 is 1.91 bits per heavy atom. The lowest BCUT2D eigenvalue weighted by Gasteiger charge is -2.31. The van der Waals surface area contributed by atoms with Gasteiger partial charge in [-0.3, -0.25) is 0 Å². The average Bonchev–Trinajstić information content (AvgIpc) is 2.57. The van der Waals surface area contributed by atoms with Gasteiger partial charge in [0.15, 0.2) is 0 Å². The molecular formula is C19H31BrN2O. The van der Waals surface area contributed by atoms with E-state index in [1.807, 2.05) is 6.07 Å². The normalized spacial score (nSPS) is 22.7. The number of aromatic nitrogens is 2. The van der Waals surface area contributed by atoms with Crippen molar-refractivity contribution in [3.8, 4) is 5.88 Å². The molecule has 3 nitrogen and oxygen atoms in total. The maximum absolute atomic E-state index is 5.57. The molecule has 0 saturated heterocycles. The molecule has 1 fully saturated rings. The summed E-state index contributed by atoms with van der Waals surface area (Å²) >= 11 is 3.91. The molecule has 130 valence electrons. The molecule has 1 aliphatic carbocycles. The average molecular weight is 383 g/mol. The van der Waals surface area contributed by atoms with Gasteiger partial charge in [-0.2, -0.15) is 5.10 Å². The van der Waals surface area contributed by atoms with E-state index in [9.17, 15) is 0 Å². The fraction of sp³-hybridized carbons (Fsp3) is 0.789. The van der Waals surface area contributed by atoms with Crippen LogP contribution in [-0.4, -0.2) is 21.6 Å². The van der Waals surface area contributed by atoms with Crippen LogP contribution in [-0.2, 0) is 6.42 Å². The van der Waals surface area contributed by atoms with Crippen LogP contribution in [0, 0.1) is 11.8 Å². The molecule has 1 aromatic rings. The van der Waals surface area contributed by atoms with E-state index in [0.29, 0.717) is 10.7 Å². The summed E-state index contributed by atoms with van der Waals surface area (Å²) in [5.41, 5.74) is 1.06. The smallest absolute Gasteiger partial charge is 0.233 e. The molecule has 0 N–H and O–H groups in total. The third-order valence-electron chi connectivity index (χ3n) is 4.95. The fourth-order valence-corrected chi connectivity index (χ4v) is 4.33. The second kappa shape index (κ2) is 10.3. The Hall–Kier alpha value is -0.640. The predicted molar refractivity (Wildman–Crippen MR) is 99.2 cm³/mol. The molecule has 4 heteroatoms. The van der Waals surface area contributed by atoms with Gasteiger partial charge >= 0.3 is 0 Å². The zero-order valence-corrected chi connectivity index (χ0v) is 16.2. The summed E-state index contributed by atoms with van der Waals surface area (Å²) < 4.78 is 5.57. The Morgan fingerprint density at radius 3 is 2.52 bits per heavy atom. The number of unbranched alkanes of at least 4 members (excludes halogenated alkanes) is 1. The van der Waals surface area contributed by atoms with E-state index >= 15 is 0 Å². The Bertz CT molecular complexity index is 430. The van der Waals surface area contributed by atoms with Gasteiger partial charge in [0.05, 0.1) is 12.3 Å². The molecule has 0 aliphatic heterocycles. The van der Waals surface area contributed by atoms with E-state index in [2.05, 4.69) is 46.0 Å². The fourth-order valence-electron chi connectivity index (χ4n) is 3.47. The van der Waals surface area contributed by atoms with Crippen LogP contribution in [0.1, 0.15) is 70.9 Å². The number of alkyl halides is 1. The van der Waals surface area contributed by atoms with Crippen molar-refractivity contribution in [3.05, 3.63) is 17.8 Å². The zero-order chi connectivity index (χ0) is 16.5. The zero-order valence-electron chi connectivity index (χ0n) is 14.6. The third-order valence-corrected chi connectivity index (χ3v) is 6.02. The first-order valence-electron chi connectivity index (χ1n) is 9.32. The van der Waals surface area contributed by atoms with Gasteiger partial charge in [-0.25, -0.2) is 0 Å². The molecule has 1 heterocycles. The van der Waals surface area contributed by atoms with Crippen LogP contribution in [0.25, 0.3) is 0 Å². The Labute approximate surface area is 149 Å². The van der Waals surface area contributed by atoms with Crippen molar-refractivity contribution >= 4 is 15.9 Å². The predicted octanol–water partition coefficient (Wildman–Crippen LogP) is 5.57. The SMILES string of the molecule is CCCCOc1ccc(CC(Br)[C@H]2CC[C@H](CCC)CC2)nn1. The van der Waals surface area contributed by atoms with Crippen LogP contribution in [0.2, 0.25) is 0 Å². The van der Waals surface area contributed by atoms with Gasteiger partial charge in [0.1, 0.15) is 0 Å². The highest BCUT2D eigenvalue weighted by molar-refractivity contribution is 9.09. The number of hydrogen-bond acceptors (Lipinski definition) is 3. The van der Waals surface area contributed by atoms with E-state index < -0.39 is 0 Å². The molecule has 1 unspecified atom stereocenters. The minimum Gasteiger partial charge on any atom is -0.477 e. The number of hydrogen-bond donors (Lipinski definition) is 0. The molecule has 0 aromatic carbocycles. The molecule has 0 radical (unpaired) electrons. The van der Waals surface area contributed by atoms with Crippen molar-refractivity contribution in [2.75, 3.05) is 6.61 Å². The molecule has 2 rings (SSSR count). The van der Waals surface area contributed by atoms with Crippen molar-refractivity contribution in [3.63, 3.8) is 0 Å². The lowest BCUT2D eigenvalue weighted by molar-refractivity contribution is 0.258. The Morgan fingerprint density at radius 1 is 1.13 bits per heavy atom. The van der Waals surface area contributed by atoms with E-state index in [-0.39, 0.29) is 0 Å². The maximum atomic E-state index is 5.57. The topological polar surface area (TPSA) is 35.0 Å². The molecule has 0 bridgehead atoms. The quantitative estimate of drug-likeness (QED) is 0.413.